The van der Waals surface area contributed by atoms with Crippen LogP contribution in [-0.4, -0.2) is 119 Å². The smallest absolute Gasteiger partial charge is 0.407 e. The number of imidazole rings is 2. The van der Waals surface area contributed by atoms with E-state index in [1.165, 1.54) is 14.2 Å². The van der Waals surface area contributed by atoms with E-state index in [0.717, 1.165) is 56.9 Å². The number of rotatable bonds is 10. The quantitative estimate of drug-likeness (QED) is 0.104. The van der Waals surface area contributed by atoms with Gasteiger partial charge in [-0.15, -0.1) is 0 Å². The number of halogens is 1. The number of ether oxygens (including phenoxy) is 4. The monoisotopic (exact) mass is 916 g/mol. The van der Waals surface area contributed by atoms with E-state index in [1.54, 1.807) is 0 Å². The fraction of sp³-hybridized carbons (Fsp3) is 0.469. The predicted molar refractivity (Wildman–Crippen MR) is 244 cm³/mol. The minimum absolute atomic E-state index is 0.0563. The average molecular weight is 917 g/mol. The van der Waals surface area contributed by atoms with E-state index in [2.05, 4.69) is 63.6 Å². The van der Waals surface area contributed by atoms with Crippen LogP contribution in [0.2, 0.25) is 5.15 Å². The third-order valence-corrected chi connectivity index (χ3v) is 15.3. The number of methoxy groups -OCH3 is 2. The number of piperidine rings is 2. The van der Waals surface area contributed by atoms with Crippen LogP contribution in [0.15, 0.2) is 66.7 Å². The molecule has 8 atom stereocenters. The van der Waals surface area contributed by atoms with Crippen LogP contribution < -0.4 is 10.6 Å². The second-order valence-corrected chi connectivity index (χ2v) is 19.1. The van der Waals surface area contributed by atoms with E-state index in [0.29, 0.717) is 86.9 Å². The second kappa shape index (κ2) is 17.0. The summed E-state index contributed by atoms with van der Waals surface area (Å²) < 4.78 is 21.0. The number of benzene rings is 3. The largest absolute Gasteiger partial charge is 0.453 e. The fourth-order valence-electron chi connectivity index (χ4n) is 11.4. The van der Waals surface area contributed by atoms with Crippen LogP contribution in [0.5, 0.6) is 0 Å². The van der Waals surface area contributed by atoms with Gasteiger partial charge in [-0.2, -0.15) is 0 Å². The topological polar surface area (TPSA) is 193 Å². The highest BCUT2D eigenvalue weighted by molar-refractivity contribution is 6.32. The zero-order valence-corrected chi connectivity index (χ0v) is 37.6. The first-order chi connectivity index (χ1) is 32.1. The summed E-state index contributed by atoms with van der Waals surface area (Å²) >= 11 is 6.86. The molecule has 0 bridgehead atoms. The lowest BCUT2D eigenvalue weighted by atomic mass is 9.90. The van der Waals surface area contributed by atoms with Gasteiger partial charge in [-0.3, -0.25) is 9.59 Å². The molecule has 17 heteroatoms. The molecule has 3 aromatic carbocycles. The first-order valence-corrected chi connectivity index (χ1v) is 23.4. The minimum atomic E-state index is -0.743. The molecule has 344 valence electrons. The number of alkyl carbamates (subject to hydrolysis) is 2. The number of carbonyl (C=O) groups excluding carboxylic acids is 4. The Labute approximate surface area is 386 Å². The molecule has 0 radical (unpaired) electrons. The highest BCUT2D eigenvalue weighted by Crippen LogP contribution is 2.57. The number of hydrogen-bond acceptors (Lipinski definition) is 10. The van der Waals surface area contributed by atoms with Crippen molar-refractivity contribution in [3.05, 3.63) is 83.6 Å². The number of fused-ring (bicyclic) bond motifs is 5. The van der Waals surface area contributed by atoms with Gasteiger partial charge in [0.2, 0.25) is 11.8 Å². The molecular formula is C49H53ClN8O8. The maximum absolute atomic E-state index is 14.5. The standard InChI is InChI=1S/C49H53ClN8O8/c1-24-33-23-37(58(42(24)33)47(60)40(55-49(62)64-3)28-14-18-66-19-15-28)44-51-34-11-9-30-20-29(8-10-32(30)41(34)53-44)25-4-6-26(7-5-25)38-43(50)56-45(52-38)36-22-31-21-35(31)57(36)46(59)39(54-48(61)63-2)27-12-16-65-17-13-27/h4-11,20,27-28,31,33,35-37,39-40,42H,1,12-19,21-23H2,2-3H3,(H,51,53)(H,52,56)(H,54,61)(H,55,62). The SMILES string of the molecule is C=C1C2CC(c3nc4c(ccc5cc(-c6ccc(-c7nc(C8CC9CC9N8C(=O)C(NC(=O)OC)C8CCOCC8)[nH]c7Cl)cc6)ccc54)[nH]3)N(C(=O)C(NC(=O)OC)C3CCOCC3)C12. The normalized spacial score (nSPS) is 25.9. The highest BCUT2D eigenvalue weighted by Gasteiger charge is 2.60. The number of aromatic amines is 2. The molecule has 4 saturated heterocycles. The third-order valence-electron chi connectivity index (χ3n) is 15.1. The van der Waals surface area contributed by atoms with Crippen molar-refractivity contribution in [2.45, 2.75) is 81.2 Å². The van der Waals surface area contributed by atoms with Crippen LogP contribution in [-0.2, 0) is 28.5 Å². The van der Waals surface area contributed by atoms with Crippen molar-refractivity contribution in [1.82, 2.24) is 40.4 Å². The van der Waals surface area contributed by atoms with E-state index in [4.69, 9.17) is 40.5 Å². The Kier molecular flexibility index (Phi) is 11.0. The van der Waals surface area contributed by atoms with E-state index in [1.807, 2.05) is 28.0 Å². The van der Waals surface area contributed by atoms with Gasteiger partial charge >= 0.3 is 12.2 Å². The van der Waals surface area contributed by atoms with Crippen LogP contribution in [0.3, 0.4) is 0 Å². The number of aromatic nitrogens is 4. The van der Waals surface area contributed by atoms with Crippen LogP contribution in [0.4, 0.5) is 9.59 Å². The van der Waals surface area contributed by atoms with Gasteiger partial charge in [0.15, 0.2) is 0 Å². The van der Waals surface area contributed by atoms with Gasteiger partial charge in [-0.05, 0) is 96.9 Å². The maximum Gasteiger partial charge on any atom is 0.407 e. The molecule has 5 aromatic rings. The van der Waals surface area contributed by atoms with Crippen molar-refractivity contribution in [3.8, 4) is 22.4 Å². The van der Waals surface area contributed by atoms with Crippen LogP contribution >= 0.6 is 11.6 Å². The van der Waals surface area contributed by atoms with Crippen molar-refractivity contribution in [1.29, 1.82) is 0 Å². The number of hydrogen-bond donors (Lipinski definition) is 4. The molecule has 16 nitrogen and oxygen atoms in total. The third kappa shape index (κ3) is 7.56. The summed E-state index contributed by atoms with van der Waals surface area (Å²) in [5, 5.41) is 8.10. The van der Waals surface area contributed by atoms with Crippen molar-refractivity contribution in [2.75, 3.05) is 40.6 Å². The van der Waals surface area contributed by atoms with Gasteiger partial charge in [-0.25, -0.2) is 19.6 Å². The second-order valence-electron chi connectivity index (χ2n) is 18.7. The van der Waals surface area contributed by atoms with E-state index in [-0.39, 0.29) is 53.7 Å². The molecule has 2 aromatic heterocycles. The Morgan fingerprint density at radius 3 is 1.98 bits per heavy atom. The number of nitrogens with zero attached hydrogens (tertiary/aromatic N) is 4. The molecule has 66 heavy (non-hydrogen) atoms. The zero-order chi connectivity index (χ0) is 45.4. The lowest BCUT2D eigenvalue weighted by Gasteiger charge is -2.35. The number of carbonyl (C=O) groups is 4. The molecule has 6 fully saturated rings. The Balaban J connectivity index is 0.821. The summed E-state index contributed by atoms with van der Waals surface area (Å²) in [5.41, 5.74) is 6.23. The Morgan fingerprint density at radius 2 is 1.33 bits per heavy atom. The fourth-order valence-corrected chi connectivity index (χ4v) is 11.6. The van der Waals surface area contributed by atoms with Crippen molar-refractivity contribution in [2.24, 2.45) is 23.7 Å². The van der Waals surface area contributed by atoms with Gasteiger partial charge < -0.3 is 49.3 Å². The summed E-state index contributed by atoms with van der Waals surface area (Å²) in [6.07, 6.45) is 3.84. The molecule has 2 aliphatic carbocycles. The van der Waals surface area contributed by atoms with Gasteiger partial charge in [0, 0.05) is 49.3 Å². The lowest BCUT2D eigenvalue weighted by molar-refractivity contribution is -0.138. The maximum atomic E-state index is 14.5. The zero-order valence-electron chi connectivity index (χ0n) is 36.9. The van der Waals surface area contributed by atoms with Crippen molar-refractivity contribution < 1.29 is 38.1 Å². The van der Waals surface area contributed by atoms with Gasteiger partial charge in [-0.1, -0.05) is 60.6 Å². The Hall–Kier alpha value is -5.97. The predicted octanol–water partition coefficient (Wildman–Crippen LogP) is 7.22. The van der Waals surface area contributed by atoms with Crippen molar-refractivity contribution in [3.63, 3.8) is 0 Å². The molecule has 6 aliphatic rings. The minimum Gasteiger partial charge on any atom is -0.453 e. The molecule has 8 unspecified atom stereocenters. The van der Waals surface area contributed by atoms with E-state index < -0.39 is 24.3 Å². The Morgan fingerprint density at radius 1 is 0.742 bits per heavy atom. The van der Waals surface area contributed by atoms with Crippen LogP contribution in [0, 0.1) is 23.7 Å². The van der Waals surface area contributed by atoms with Gasteiger partial charge in [0.25, 0.3) is 0 Å². The molecule has 2 saturated carbocycles. The first-order valence-electron chi connectivity index (χ1n) is 23.1. The number of H-pyrrole nitrogens is 2. The molecule has 4 aliphatic heterocycles. The average Bonchev–Trinajstić information content (AvgIpc) is 3.85. The first kappa shape index (κ1) is 42.7. The highest BCUT2D eigenvalue weighted by atomic mass is 35.5. The molecule has 6 heterocycles. The summed E-state index contributed by atoms with van der Waals surface area (Å²) in [5.74, 6) is 1.53. The summed E-state index contributed by atoms with van der Waals surface area (Å²) in [6, 6.07) is 16.5. The molecule has 4 amide bonds. The van der Waals surface area contributed by atoms with Gasteiger partial charge in [0.1, 0.15) is 34.6 Å². The summed E-state index contributed by atoms with van der Waals surface area (Å²) in [6.45, 7) is 6.42. The van der Waals surface area contributed by atoms with E-state index >= 15 is 0 Å². The van der Waals surface area contributed by atoms with Gasteiger partial charge in [0.05, 0.1) is 43.4 Å². The molecule has 11 rings (SSSR count). The van der Waals surface area contributed by atoms with Crippen LogP contribution in [0.1, 0.15) is 68.7 Å². The number of likely N-dealkylation sites (tertiary alicyclic amines) is 2. The summed E-state index contributed by atoms with van der Waals surface area (Å²) in [4.78, 5) is 74.5. The molecule has 4 N–H and O–H groups in total. The van der Waals surface area contributed by atoms with Crippen LogP contribution in [0.25, 0.3) is 44.2 Å². The number of nitrogens with one attached hydrogen (secondary N) is 4. The number of amides is 4. The lowest BCUT2D eigenvalue weighted by Crippen LogP contribution is -2.54. The Bertz CT molecular complexity index is 2740. The van der Waals surface area contributed by atoms with Crippen molar-refractivity contribution >= 4 is 57.4 Å². The summed E-state index contributed by atoms with van der Waals surface area (Å²) in [7, 11) is 2.61. The molecular weight excluding hydrogens is 864 g/mol. The van der Waals surface area contributed by atoms with E-state index in [9.17, 15) is 19.2 Å². The molecule has 0 spiro atoms.